The fourth-order valence-corrected chi connectivity index (χ4v) is 2.37. The summed E-state index contributed by atoms with van der Waals surface area (Å²) in [6.45, 7) is 6.27. The van der Waals surface area contributed by atoms with Crippen LogP contribution in [-0.4, -0.2) is 19.3 Å². The average Bonchev–Trinajstić information content (AvgIpc) is 2.73. The van der Waals surface area contributed by atoms with Gasteiger partial charge in [0.2, 0.25) is 0 Å². The fourth-order valence-electron chi connectivity index (χ4n) is 2.24. The molecule has 1 aliphatic rings. The molecule has 0 aliphatic carbocycles. The van der Waals surface area contributed by atoms with Crippen LogP contribution in [0.4, 0.5) is 0 Å². The molecule has 0 amide bonds. The largest absolute Gasteiger partial charge is 0.378 e. The van der Waals surface area contributed by atoms with Gasteiger partial charge in [0.05, 0.1) is 6.10 Å². The van der Waals surface area contributed by atoms with Crippen molar-refractivity contribution in [2.24, 2.45) is 5.92 Å². The van der Waals surface area contributed by atoms with Crippen LogP contribution in [0.1, 0.15) is 31.9 Å². The van der Waals surface area contributed by atoms with E-state index in [1.165, 1.54) is 12.0 Å². The Morgan fingerprint density at radius 3 is 2.71 bits per heavy atom. The van der Waals surface area contributed by atoms with Gasteiger partial charge in [-0.2, -0.15) is 0 Å². The number of ether oxygens (including phenoxy) is 1. The maximum absolute atomic E-state index is 5.88. The molecule has 0 bridgehead atoms. The number of halogens is 1. The Labute approximate surface area is 108 Å². The van der Waals surface area contributed by atoms with E-state index in [-0.39, 0.29) is 0 Å². The Kier molecular flexibility index (Phi) is 4.43. The number of hydrogen-bond acceptors (Lipinski definition) is 2. The monoisotopic (exact) mass is 253 g/mol. The topological polar surface area (TPSA) is 21.3 Å². The van der Waals surface area contributed by atoms with Gasteiger partial charge in [0.15, 0.2) is 0 Å². The number of hydrogen-bond donors (Lipinski definition) is 1. The summed E-state index contributed by atoms with van der Waals surface area (Å²) in [6.07, 6.45) is 1.56. The standard InChI is InChI=1S/C14H20ClNO/c1-10(12-3-5-14(15)6-4-12)16-9-13-7-8-17-11(13)2/h3-6,10-11,13,16H,7-9H2,1-2H3. The van der Waals surface area contributed by atoms with Gasteiger partial charge in [-0.1, -0.05) is 23.7 Å². The Morgan fingerprint density at radius 1 is 1.41 bits per heavy atom. The first-order chi connectivity index (χ1) is 8.16. The van der Waals surface area contributed by atoms with Crippen LogP contribution in [-0.2, 0) is 4.74 Å². The van der Waals surface area contributed by atoms with Crippen molar-refractivity contribution in [2.75, 3.05) is 13.2 Å². The van der Waals surface area contributed by atoms with Crippen molar-refractivity contribution in [3.8, 4) is 0 Å². The second-order valence-electron chi connectivity index (χ2n) is 4.81. The van der Waals surface area contributed by atoms with Gasteiger partial charge in [-0.25, -0.2) is 0 Å². The molecule has 3 unspecified atom stereocenters. The molecule has 0 aromatic heterocycles. The van der Waals surface area contributed by atoms with E-state index in [4.69, 9.17) is 16.3 Å². The zero-order valence-electron chi connectivity index (χ0n) is 10.4. The number of nitrogens with one attached hydrogen (secondary N) is 1. The molecule has 0 spiro atoms. The second kappa shape index (κ2) is 5.85. The molecule has 0 radical (unpaired) electrons. The fraction of sp³-hybridized carbons (Fsp3) is 0.571. The Bertz CT molecular complexity index is 352. The third-order valence-electron chi connectivity index (χ3n) is 3.59. The quantitative estimate of drug-likeness (QED) is 0.888. The molecule has 1 aliphatic heterocycles. The summed E-state index contributed by atoms with van der Waals surface area (Å²) >= 11 is 5.88. The third-order valence-corrected chi connectivity index (χ3v) is 3.84. The Morgan fingerprint density at radius 2 is 2.12 bits per heavy atom. The van der Waals surface area contributed by atoms with Crippen molar-refractivity contribution in [3.63, 3.8) is 0 Å². The molecule has 0 saturated carbocycles. The van der Waals surface area contributed by atoms with E-state index in [1.807, 2.05) is 12.1 Å². The summed E-state index contributed by atoms with van der Waals surface area (Å²) < 4.78 is 5.56. The minimum absolute atomic E-state index is 0.361. The lowest BCUT2D eigenvalue weighted by Gasteiger charge is -2.19. The maximum Gasteiger partial charge on any atom is 0.0588 e. The lowest BCUT2D eigenvalue weighted by Crippen LogP contribution is -2.29. The summed E-state index contributed by atoms with van der Waals surface area (Å²) in [5, 5.41) is 4.36. The minimum atomic E-state index is 0.361. The predicted octanol–water partition coefficient (Wildman–Crippen LogP) is 3.42. The first-order valence-corrected chi connectivity index (χ1v) is 6.65. The lowest BCUT2D eigenvalue weighted by atomic mass is 10.0. The molecule has 1 fully saturated rings. The van der Waals surface area contributed by atoms with E-state index >= 15 is 0 Å². The van der Waals surface area contributed by atoms with Gasteiger partial charge in [-0.15, -0.1) is 0 Å². The van der Waals surface area contributed by atoms with Gasteiger partial charge in [-0.3, -0.25) is 0 Å². The second-order valence-corrected chi connectivity index (χ2v) is 5.24. The highest BCUT2D eigenvalue weighted by Crippen LogP contribution is 2.21. The van der Waals surface area contributed by atoms with Crippen molar-refractivity contribution < 1.29 is 4.74 Å². The van der Waals surface area contributed by atoms with E-state index in [0.717, 1.165) is 18.2 Å². The molecule has 1 aromatic carbocycles. The molecule has 1 N–H and O–H groups in total. The van der Waals surface area contributed by atoms with Crippen LogP contribution >= 0.6 is 11.6 Å². The van der Waals surface area contributed by atoms with E-state index in [2.05, 4.69) is 31.3 Å². The van der Waals surface area contributed by atoms with Gasteiger partial charge in [0.1, 0.15) is 0 Å². The Hall–Kier alpha value is -0.570. The van der Waals surface area contributed by atoms with E-state index in [1.54, 1.807) is 0 Å². The minimum Gasteiger partial charge on any atom is -0.378 e. The van der Waals surface area contributed by atoms with Crippen LogP contribution in [0.3, 0.4) is 0 Å². The van der Waals surface area contributed by atoms with Crippen LogP contribution in [0.15, 0.2) is 24.3 Å². The summed E-state index contributed by atoms with van der Waals surface area (Å²) in [6, 6.07) is 8.40. The molecule has 3 heteroatoms. The van der Waals surface area contributed by atoms with Gasteiger partial charge in [0, 0.05) is 24.2 Å². The van der Waals surface area contributed by atoms with E-state index in [0.29, 0.717) is 18.1 Å². The average molecular weight is 254 g/mol. The molecule has 2 nitrogen and oxygen atoms in total. The molecule has 1 heterocycles. The van der Waals surface area contributed by atoms with E-state index < -0.39 is 0 Å². The molecular weight excluding hydrogens is 234 g/mol. The van der Waals surface area contributed by atoms with Crippen LogP contribution in [0, 0.1) is 5.92 Å². The lowest BCUT2D eigenvalue weighted by molar-refractivity contribution is 0.105. The predicted molar refractivity (Wildman–Crippen MR) is 71.4 cm³/mol. The van der Waals surface area contributed by atoms with Gasteiger partial charge < -0.3 is 10.1 Å². The number of rotatable bonds is 4. The molecule has 94 valence electrons. The molecular formula is C14H20ClNO. The molecule has 1 aromatic rings. The van der Waals surface area contributed by atoms with Crippen LogP contribution < -0.4 is 5.32 Å². The highest BCUT2D eigenvalue weighted by Gasteiger charge is 2.24. The summed E-state index contributed by atoms with van der Waals surface area (Å²) in [5.41, 5.74) is 1.28. The van der Waals surface area contributed by atoms with Crippen LogP contribution in [0.2, 0.25) is 5.02 Å². The normalized spacial score (nSPS) is 26.1. The van der Waals surface area contributed by atoms with Crippen LogP contribution in [0.25, 0.3) is 0 Å². The zero-order valence-corrected chi connectivity index (χ0v) is 11.2. The van der Waals surface area contributed by atoms with Crippen LogP contribution in [0.5, 0.6) is 0 Å². The zero-order chi connectivity index (χ0) is 12.3. The van der Waals surface area contributed by atoms with Crippen molar-refractivity contribution >= 4 is 11.6 Å². The SMILES string of the molecule is CC(NCC1CCOC1C)c1ccc(Cl)cc1. The maximum atomic E-state index is 5.88. The number of benzene rings is 1. The third kappa shape index (κ3) is 3.44. The highest BCUT2D eigenvalue weighted by atomic mass is 35.5. The van der Waals surface area contributed by atoms with Crippen molar-refractivity contribution in [1.29, 1.82) is 0 Å². The molecule has 3 atom stereocenters. The summed E-state index contributed by atoms with van der Waals surface area (Å²) in [7, 11) is 0. The van der Waals surface area contributed by atoms with Crippen molar-refractivity contribution in [2.45, 2.75) is 32.4 Å². The van der Waals surface area contributed by atoms with Crippen molar-refractivity contribution in [1.82, 2.24) is 5.32 Å². The van der Waals surface area contributed by atoms with Gasteiger partial charge in [0.25, 0.3) is 0 Å². The summed E-state index contributed by atoms with van der Waals surface area (Å²) in [4.78, 5) is 0. The van der Waals surface area contributed by atoms with Gasteiger partial charge >= 0.3 is 0 Å². The first kappa shape index (κ1) is 12.9. The molecule has 17 heavy (non-hydrogen) atoms. The van der Waals surface area contributed by atoms with Gasteiger partial charge in [-0.05, 0) is 43.9 Å². The first-order valence-electron chi connectivity index (χ1n) is 6.27. The highest BCUT2D eigenvalue weighted by molar-refractivity contribution is 6.30. The molecule has 2 rings (SSSR count). The Balaban J connectivity index is 1.84. The van der Waals surface area contributed by atoms with Crippen molar-refractivity contribution in [3.05, 3.63) is 34.9 Å². The van der Waals surface area contributed by atoms with E-state index in [9.17, 15) is 0 Å². The summed E-state index contributed by atoms with van der Waals surface area (Å²) in [5.74, 6) is 0.643. The molecule has 1 saturated heterocycles. The smallest absolute Gasteiger partial charge is 0.0588 e.